The summed E-state index contributed by atoms with van der Waals surface area (Å²) in [5, 5.41) is 2.68. The summed E-state index contributed by atoms with van der Waals surface area (Å²) in [6, 6.07) is 11.3. The molecule has 0 saturated carbocycles. The van der Waals surface area contributed by atoms with Crippen LogP contribution < -0.4 is 15.0 Å². The van der Waals surface area contributed by atoms with E-state index in [2.05, 4.69) is 5.32 Å². The third-order valence-corrected chi connectivity index (χ3v) is 4.01. The van der Waals surface area contributed by atoms with Gasteiger partial charge in [-0.15, -0.1) is 0 Å². The lowest BCUT2D eigenvalue weighted by molar-refractivity contribution is -0.125. The third kappa shape index (κ3) is 3.67. The minimum absolute atomic E-state index is 0.0711. The molecule has 2 aromatic carbocycles. The number of carbonyl (C=O) groups excluding carboxylic acids is 2. The van der Waals surface area contributed by atoms with E-state index in [9.17, 15) is 14.0 Å². The highest BCUT2D eigenvalue weighted by Crippen LogP contribution is 2.37. The van der Waals surface area contributed by atoms with Crippen molar-refractivity contribution in [2.75, 3.05) is 23.9 Å². The van der Waals surface area contributed by atoms with Crippen molar-refractivity contribution in [1.29, 1.82) is 0 Å². The molecule has 0 bridgehead atoms. The van der Waals surface area contributed by atoms with E-state index >= 15 is 0 Å². The molecular weight excluding hydrogens is 339 g/mol. The van der Waals surface area contributed by atoms with E-state index < -0.39 is 6.10 Å². The first-order valence-corrected chi connectivity index (χ1v) is 8.14. The van der Waals surface area contributed by atoms with Crippen molar-refractivity contribution in [3.05, 3.63) is 53.8 Å². The molecule has 0 aromatic heterocycles. The monoisotopic (exact) mass is 358 g/mol. The Hall–Kier alpha value is -2.93. The van der Waals surface area contributed by atoms with E-state index in [1.54, 1.807) is 43.3 Å². The van der Waals surface area contributed by atoms with Crippen LogP contribution in [-0.2, 0) is 20.9 Å². The first-order valence-electron chi connectivity index (χ1n) is 8.14. The van der Waals surface area contributed by atoms with Crippen LogP contribution in [-0.4, -0.2) is 31.6 Å². The number of benzene rings is 2. The number of amides is 2. The SMILES string of the molecule is COCC(=O)Nc1ccc2c(c1)N(Cc1ccccc1F)C(=O)C(C)O2. The van der Waals surface area contributed by atoms with E-state index in [-0.39, 0.29) is 30.8 Å². The van der Waals surface area contributed by atoms with E-state index in [1.807, 2.05) is 0 Å². The van der Waals surface area contributed by atoms with Gasteiger partial charge in [0.1, 0.15) is 18.2 Å². The molecule has 2 aromatic rings. The molecule has 1 N–H and O–H groups in total. The number of rotatable bonds is 5. The van der Waals surface area contributed by atoms with Gasteiger partial charge in [0, 0.05) is 18.4 Å². The number of anilines is 2. The Balaban J connectivity index is 1.94. The molecule has 7 heteroatoms. The van der Waals surface area contributed by atoms with Crippen molar-refractivity contribution >= 4 is 23.2 Å². The van der Waals surface area contributed by atoms with Gasteiger partial charge in [-0.2, -0.15) is 0 Å². The number of nitrogens with one attached hydrogen (secondary N) is 1. The lowest BCUT2D eigenvalue weighted by Gasteiger charge is -2.33. The zero-order valence-electron chi connectivity index (χ0n) is 14.5. The smallest absolute Gasteiger partial charge is 0.268 e. The molecule has 0 aliphatic carbocycles. The summed E-state index contributed by atoms with van der Waals surface area (Å²) in [5.74, 6) is -0.477. The van der Waals surface area contributed by atoms with E-state index in [0.29, 0.717) is 22.7 Å². The zero-order valence-corrected chi connectivity index (χ0v) is 14.5. The third-order valence-electron chi connectivity index (χ3n) is 4.01. The highest BCUT2D eigenvalue weighted by molar-refractivity contribution is 6.01. The van der Waals surface area contributed by atoms with Crippen molar-refractivity contribution in [3.8, 4) is 5.75 Å². The zero-order chi connectivity index (χ0) is 18.7. The van der Waals surface area contributed by atoms with E-state index in [0.717, 1.165) is 0 Å². The Labute approximate surface area is 150 Å². The van der Waals surface area contributed by atoms with Gasteiger partial charge in [-0.25, -0.2) is 4.39 Å². The van der Waals surface area contributed by atoms with E-state index in [4.69, 9.17) is 9.47 Å². The first kappa shape index (κ1) is 17.9. The van der Waals surface area contributed by atoms with Gasteiger partial charge in [-0.1, -0.05) is 18.2 Å². The van der Waals surface area contributed by atoms with Crippen molar-refractivity contribution in [1.82, 2.24) is 0 Å². The lowest BCUT2D eigenvalue weighted by Crippen LogP contribution is -2.44. The predicted octanol–water partition coefficient (Wildman–Crippen LogP) is 2.72. The lowest BCUT2D eigenvalue weighted by atomic mass is 10.1. The second-order valence-corrected chi connectivity index (χ2v) is 5.94. The number of fused-ring (bicyclic) bond motifs is 1. The van der Waals surface area contributed by atoms with Crippen LogP contribution in [0, 0.1) is 5.82 Å². The molecule has 1 heterocycles. The molecular formula is C19H19FN2O4. The van der Waals surface area contributed by atoms with E-state index in [1.165, 1.54) is 18.1 Å². The molecule has 0 saturated heterocycles. The summed E-state index contributed by atoms with van der Waals surface area (Å²) < 4.78 is 24.5. The number of nitrogens with zero attached hydrogens (tertiary/aromatic N) is 1. The molecule has 1 aliphatic rings. The number of ether oxygens (including phenoxy) is 2. The van der Waals surface area contributed by atoms with Crippen LogP contribution in [0.3, 0.4) is 0 Å². The maximum absolute atomic E-state index is 14.0. The fourth-order valence-corrected chi connectivity index (χ4v) is 2.77. The van der Waals surface area contributed by atoms with Crippen LogP contribution in [0.5, 0.6) is 5.75 Å². The summed E-state index contributed by atoms with van der Waals surface area (Å²) in [5.41, 5.74) is 1.37. The van der Waals surface area contributed by atoms with Gasteiger partial charge in [-0.3, -0.25) is 9.59 Å². The minimum atomic E-state index is -0.678. The Morgan fingerprint density at radius 2 is 2.08 bits per heavy atom. The second kappa shape index (κ2) is 7.53. The molecule has 136 valence electrons. The number of hydrogen-bond donors (Lipinski definition) is 1. The maximum atomic E-state index is 14.0. The maximum Gasteiger partial charge on any atom is 0.268 e. The van der Waals surface area contributed by atoms with Gasteiger partial charge in [-0.05, 0) is 31.2 Å². The molecule has 1 aliphatic heterocycles. The van der Waals surface area contributed by atoms with Gasteiger partial charge in [0.05, 0.1) is 12.2 Å². The molecule has 26 heavy (non-hydrogen) atoms. The summed E-state index contributed by atoms with van der Waals surface area (Å²) in [6.07, 6.45) is -0.678. The highest BCUT2D eigenvalue weighted by atomic mass is 19.1. The number of carbonyl (C=O) groups is 2. The molecule has 1 unspecified atom stereocenters. The van der Waals surface area contributed by atoms with Crippen LogP contribution in [0.25, 0.3) is 0 Å². The number of methoxy groups -OCH3 is 1. The topological polar surface area (TPSA) is 67.9 Å². The van der Waals surface area contributed by atoms with Crippen LogP contribution in [0.15, 0.2) is 42.5 Å². The van der Waals surface area contributed by atoms with Crippen molar-refractivity contribution in [3.63, 3.8) is 0 Å². The average Bonchev–Trinajstić information content (AvgIpc) is 2.61. The molecule has 1 atom stereocenters. The first-order chi connectivity index (χ1) is 12.5. The summed E-state index contributed by atoms with van der Waals surface area (Å²) in [7, 11) is 1.43. The average molecular weight is 358 g/mol. The summed E-state index contributed by atoms with van der Waals surface area (Å²) >= 11 is 0. The van der Waals surface area contributed by atoms with Crippen LogP contribution in [0.4, 0.5) is 15.8 Å². The predicted molar refractivity (Wildman–Crippen MR) is 94.6 cm³/mol. The van der Waals surface area contributed by atoms with Gasteiger partial charge < -0.3 is 19.7 Å². The van der Waals surface area contributed by atoms with Crippen LogP contribution in [0.1, 0.15) is 12.5 Å². The molecule has 2 amide bonds. The van der Waals surface area contributed by atoms with Crippen molar-refractivity contribution in [2.45, 2.75) is 19.6 Å². The minimum Gasteiger partial charge on any atom is -0.479 e. The van der Waals surface area contributed by atoms with Gasteiger partial charge in [0.2, 0.25) is 5.91 Å². The standard InChI is InChI=1S/C19H19FN2O4/c1-12-19(24)22(10-13-5-3-4-6-15(13)20)16-9-14(7-8-17(16)26-12)21-18(23)11-25-2/h3-9,12H,10-11H2,1-2H3,(H,21,23). The van der Waals surface area contributed by atoms with Gasteiger partial charge in [0.25, 0.3) is 5.91 Å². The normalized spacial score (nSPS) is 16.0. The van der Waals surface area contributed by atoms with Gasteiger partial charge >= 0.3 is 0 Å². The Bertz CT molecular complexity index is 840. The Kier molecular flexibility index (Phi) is 5.18. The summed E-state index contributed by atoms with van der Waals surface area (Å²) in [4.78, 5) is 25.8. The molecule has 0 radical (unpaired) electrons. The van der Waals surface area contributed by atoms with Crippen LogP contribution in [0.2, 0.25) is 0 Å². The summed E-state index contributed by atoms with van der Waals surface area (Å²) in [6.45, 7) is 1.64. The molecule has 6 nitrogen and oxygen atoms in total. The number of halogens is 1. The van der Waals surface area contributed by atoms with Crippen molar-refractivity contribution < 1.29 is 23.5 Å². The van der Waals surface area contributed by atoms with Crippen LogP contribution >= 0.6 is 0 Å². The molecule has 3 rings (SSSR count). The second-order valence-electron chi connectivity index (χ2n) is 5.94. The highest BCUT2D eigenvalue weighted by Gasteiger charge is 2.32. The van der Waals surface area contributed by atoms with Gasteiger partial charge in [0.15, 0.2) is 6.10 Å². The largest absolute Gasteiger partial charge is 0.479 e. The quantitative estimate of drug-likeness (QED) is 0.892. The Morgan fingerprint density at radius 3 is 2.81 bits per heavy atom. The fraction of sp³-hybridized carbons (Fsp3) is 0.263. The number of hydrogen-bond acceptors (Lipinski definition) is 4. The fourth-order valence-electron chi connectivity index (χ4n) is 2.77. The molecule has 0 spiro atoms. The molecule has 0 fully saturated rings. The van der Waals surface area contributed by atoms with Crippen molar-refractivity contribution in [2.24, 2.45) is 0 Å². The Morgan fingerprint density at radius 1 is 1.31 bits per heavy atom.